The lowest BCUT2D eigenvalue weighted by molar-refractivity contribution is 1.01. The van der Waals surface area contributed by atoms with Crippen molar-refractivity contribution >= 4 is 38.6 Å². The Morgan fingerprint density at radius 2 is 2.17 bits per heavy atom. The van der Waals surface area contributed by atoms with Crippen LogP contribution in [0.4, 0.5) is 5.82 Å². The van der Waals surface area contributed by atoms with E-state index < -0.39 is 0 Å². The number of hydrogen-bond acceptors (Lipinski definition) is 6. The van der Waals surface area contributed by atoms with Crippen molar-refractivity contribution in [2.24, 2.45) is 0 Å². The Bertz CT molecular complexity index is 986. The molecule has 0 unspecified atom stereocenters. The van der Waals surface area contributed by atoms with Gasteiger partial charge in [-0.05, 0) is 34.1 Å². The van der Waals surface area contributed by atoms with Gasteiger partial charge in [-0.2, -0.15) is 0 Å². The smallest absolute Gasteiger partial charge is 0.205 e. The number of likely N-dealkylation sites (N-methyl/N-ethyl adjacent to an activating group) is 1. The largest absolute Gasteiger partial charge is 0.387 e. The molecule has 0 radical (unpaired) electrons. The molecule has 1 N–H and O–H groups in total. The summed E-state index contributed by atoms with van der Waals surface area (Å²) < 4.78 is 2.76. The molecule has 0 aliphatic carbocycles. The highest BCUT2D eigenvalue weighted by Crippen LogP contribution is 2.25. The standard InChI is InChI=1S/C15H12BrN7/c1-17-11-4-2-3-5-22(8-11)14-15-21-19-9-23(15)12-6-10(16)7-18-13(12)20-14/h2-9,17H,1H3. The van der Waals surface area contributed by atoms with Gasteiger partial charge in [0.1, 0.15) is 6.33 Å². The Morgan fingerprint density at radius 3 is 3.04 bits per heavy atom. The van der Waals surface area contributed by atoms with Crippen molar-refractivity contribution in [3.05, 3.63) is 59.4 Å². The Morgan fingerprint density at radius 1 is 1.26 bits per heavy atom. The maximum Gasteiger partial charge on any atom is 0.205 e. The van der Waals surface area contributed by atoms with Crippen molar-refractivity contribution in [3.63, 3.8) is 0 Å². The first-order valence-electron chi connectivity index (χ1n) is 6.94. The van der Waals surface area contributed by atoms with Crippen LogP contribution in [-0.4, -0.2) is 31.6 Å². The van der Waals surface area contributed by atoms with Crippen LogP contribution in [0.2, 0.25) is 0 Å². The maximum absolute atomic E-state index is 4.67. The minimum atomic E-state index is 0.625. The number of hydrogen-bond donors (Lipinski definition) is 1. The van der Waals surface area contributed by atoms with E-state index >= 15 is 0 Å². The third kappa shape index (κ3) is 2.36. The first-order chi connectivity index (χ1) is 11.3. The van der Waals surface area contributed by atoms with Crippen LogP contribution < -0.4 is 10.2 Å². The number of nitrogens with zero attached hydrogens (tertiary/aromatic N) is 6. The van der Waals surface area contributed by atoms with Gasteiger partial charge < -0.3 is 10.2 Å². The molecule has 0 bridgehead atoms. The van der Waals surface area contributed by atoms with Crippen LogP contribution in [0.1, 0.15) is 0 Å². The first-order valence-corrected chi connectivity index (χ1v) is 7.73. The monoisotopic (exact) mass is 369 g/mol. The van der Waals surface area contributed by atoms with Crippen LogP contribution in [0, 0.1) is 0 Å². The number of fused-ring (bicyclic) bond motifs is 3. The number of rotatable bonds is 2. The fourth-order valence-electron chi connectivity index (χ4n) is 2.39. The highest BCUT2D eigenvalue weighted by Gasteiger charge is 2.16. The summed E-state index contributed by atoms with van der Waals surface area (Å²) in [6.07, 6.45) is 13.1. The summed E-state index contributed by atoms with van der Waals surface area (Å²) in [6, 6.07) is 1.95. The first kappa shape index (κ1) is 13.9. The predicted octanol–water partition coefficient (Wildman–Crippen LogP) is 2.39. The van der Waals surface area contributed by atoms with E-state index in [0.717, 1.165) is 15.7 Å². The molecule has 23 heavy (non-hydrogen) atoms. The minimum absolute atomic E-state index is 0.625. The van der Waals surface area contributed by atoms with E-state index in [-0.39, 0.29) is 0 Å². The lowest BCUT2D eigenvalue weighted by Crippen LogP contribution is -2.15. The summed E-state index contributed by atoms with van der Waals surface area (Å²) in [5.41, 5.74) is 3.09. The van der Waals surface area contributed by atoms with Crippen LogP contribution in [0.25, 0.3) is 16.8 Å². The van der Waals surface area contributed by atoms with Crippen LogP contribution >= 0.6 is 15.9 Å². The third-order valence-electron chi connectivity index (χ3n) is 3.48. The molecule has 0 atom stereocenters. The lowest BCUT2D eigenvalue weighted by atomic mass is 10.4. The lowest BCUT2D eigenvalue weighted by Gasteiger charge is -2.16. The van der Waals surface area contributed by atoms with Crippen LogP contribution in [0.5, 0.6) is 0 Å². The molecular formula is C15H12BrN7. The van der Waals surface area contributed by atoms with Crippen molar-refractivity contribution in [2.45, 2.75) is 0 Å². The zero-order valence-electron chi connectivity index (χ0n) is 12.2. The molecule has 3 aromatic rings. The van der Waals surface area contributed by atoms with Crippen LogP contribution in [0.3, 0.4) is 0 Å². The maximum atomic E-state index is 4.67. The number of anilines is 1. The van der Waals surface area contributed by atoms with Gasteiger partial charge in [-0.15, -0.1) is 10.2 Å². The third-order valence-corrected chi connectivity index (χ3v) is 3.91. The van der Waals surface area contributed by atoms with Crippen molar-refractivity contribution in [3.8, 4) is 0 Å². The van der Waals surface area contributed by atoms with Crippen molar-refractivity contribution < 1.29 is 0 Å². The fraction of sp³-hybridized carbons (Fsp3) is 0.0667. The predicted molar refractivity (Wildman–Crippen MR) is 91.7 cm³/mol. The van der Waals surface area contributed by atoms with E-state index in [1.165, 1.54) is 0 Å². The summed E-state index contributed by atoms with van der Waals surface area (Å²) >= 11 is 3.44. The molecule has 0 aromatic carbocycles. The van der Waals surface area contributed by atoms with Gasteiger partial charge in [0.2, 0.25) is 5.65 Å². The fourth-order valence-corrected chi connectivity index (χ4v) is 2.71. The molecular weight excluding hydrogens is 358 g/mol. The van der Waals surface area contributed by atoms with Gasteiger partial charge in [-0.1, -0.05) is 6.08 Å². The van der Waals surface area contributed by atoms with Crippen molar-refractivity contribution in [1.29, 1.82) is 0 Å². The van der Waals surface area contributed by atoms with E-state index in [9.17, 15) is 0 Å². The molecule has 4 rings (SSSR count). The molecule has 3 aromatic heterocycles. The second-order valence-electron chi connectivity index (χ2n) is 4.90. The van der Waals surface area contributed by atoms with Gasteiger partial charge in [-0.3, -0.25) is 4.40 Å². The van der Waals surface area contributed by atoms with Gasteiger partial charge in [-0.25, -0.2) is 9.97 Å². The second kappa shape index (κ2) is 5.47. The number of pyridine rings is 1. The van der Waals surface area contributed by atoms with Crippen molar-refractivity contribution in [2.75, 3.05) is 11.9 Å². The minimum Gasteiger partial charge on any atom is -0.387 e. The number of nitrogens with one attached hydrogen (secondary N) is 1. The molecule has 114 valence electrons. The summed E-state index contributed by atoms with van der Waals surface area (Å²) in [6.45, 7) is 0. The van der Waals surface area contributed by atoms with Crippen LogP contribution in [-0.2, 0) is 0 Å². The average Bonchev–Trinajstić information content (AvgIpc) is 2.93. The van der Waals surface area contributed by atoms with Gasteiger partial charge in [0, 0.05) is 30.1 Å². The Kier molecular flexibility index (Phi) is 3.30. The highest BCUT2D eigenvalue weighted by atomic mass is 79.9. The van der Waals surface area contributed by atoms with Crippen molar-refractivity contribution in [1.82, 2.24) is 29.9 Å². The topological polar surface area (TPSA) is 71.2 Å². The Labute approximate surface area is 140 Å². The summed E-state index contributed by atoms with van der Waals surface area (Å²) in [4.78, 5) is 11.0. The molecule has 0 saturated carbocycles. The molecule has 4 heterocycles. The SMILES string of the molecule is CNC1=CN(c2nc3ncc(Br)cc3n3cnnc23)C=CC=C1. The second-order valence-corrected chi connectivity index (χ2v) is 5.81. The van der Waals surface area contributed by atoms with Crippen LogP contribution in [0.15, 0.2) is 59.4 Å². The Hall–Kier alpha value is -2.74. The molecule has 1 aliphatic rings. The summed E-state index contributed by atoms with van der Waals surface area (Å²) in [7, 11) is 1.87. The molecule has 1 aliphatic heterocycles. The zero-order chi connectivity index (χ0) is 15.8. The number of aromatic nitrogens is 5. The Balaban J connectivity index is 1.99. The van der Waals surface area contributed by atoms with E-state index in [0.29, 0.717) is 17.1 Å². The van der Waals surface area contributed by atoms with Gasteiger partial charge in [0.25, 0.3) is 0 Å². The molecule has 0 spiro atoms. The summed E-state index contributed by atoms with van der Waals surface area (Å²) in [5, 5.41) is 11.4. The highest BCUT2D eigenvalue weighted by molar-refractivity contribution is 9.10. The number of halogens is 1. The average molecular weight is 370 g/mol. The van der Waals surface area contributed by atoms with Gasteiger partial charge in [0.05, 0.1) is 11.2 Å². The molecule has 0 fully saturated rings. The molecule has 8 heteroatoms. The quantitative estimate of drug-likeness (QED) is 0.747. The van der Waals surface area contributed by atoms with Gasteiger partial charge in [0.15, 0.2) is 11.5 Å². The van der Waals surface area contributed by atoms with Gasteiger partial charge >= 0.3 is 0 Å². The zero-order valence-corrected chi connectivity index (χ0v) is 13.8. The van der Waals surface area contributed by atoms with E-state index in [4.69, 9.17) is 0 Å². The summed E-state index contributed by atoms with van der Waals surface area (Å²) in [5.74, 6) is 0.664. The molecule has 0 amide bonds. The van der Waals surface area contributed by atoms with E-state index in [2.05, 4.69) is 41.4 Å². The normalized spacial score (nSPS) is 14.3. The molecule has 7 nitrogen and oxygen atoms in total. The van der Waals surface area contributed by atoms with E-state index in [1.807, 2.05) is 53.0 Å². The number of allylic oxidation sites excluding steroid dienone is 3. The van der Waals surface area contributed by atoms with E-state index in [1.54, 1.807) is 12.5 Å². The molecule has 0 saturated heterocycles.